The molecule has 8 nitrogen and oxygen atoms in total. The molecule has 1 fully saturated rings. The summed E-state index contributed by atoms with van der Waals surface area (Å²) in [6.45, 7) is 1.53. The van der Waals surface area contributed by atoms with Crippen molar-refractivity contribution in [1.82, 2.24) is 9.55 Å². The minimum absolute atomic E-state index is 0.0544. The summed E-state index contributed by atoms with van der Waals surface area (Å²) >= 11 is 3.43. The second kappa shape index (κ2) is 13.1. The lowest BCUT2D eigenvalue weighted by Crippen LogP contribution is -2.33. The summed E-state index contributed by atoms with van der Waals surface area (Å²) < 4.78 is 12.2. The molecule has 1 aliphatic rings. The zero-order valence-corrected chi connectivity index (χ0v) is 19.2. The van der Waals surface area contributed by atoms with E-state index in [-0.39, 0.29) is 19.0 Å². The number of halogens is 1. The van der Waals surface area contributed by atoms with Crippen LogP contribution in [-0.4, -0.2) is 44.8 Å². The molecule has 3 atom stereocenters. The molecule has 0 bridgehead atoms. The molecular weight excluding hydrogens is 456 g/mol. The zero-order chi connectivity index (χ0) is 21.9. The van der Waals surface area contributed by atoms with Gasteiger partial charge < -0.3 is 14.6 Å². The van der Waals surface area contributed by atoms with E-state index in [1.807, 2.05) is 0 Å². The van der Waals surface area contributed by atoms with Crippen LogP contribution in [0.15, 0.2) is 15.8 Å². The average Bonchev–Trinajstić information content (AvgIpc) is 3.08. The molecule has 0 aliphatic carbocycles. The average molecular weight is 489 g/mol. The van der Waals surface area contributed by atoms with Gasteiger partial charge in [0.2, 0.25) is 0 Å². The third-order valence-corrected chi connectivity index (χ3v) is 5.89. The normalized spacial score (nSPS) is 21.1. The third kappa shape index (κ3) is 8.00. The Balaban J connectivity index is 1.64. The summed E-state index contributed by atoms with van der Waals surface area (Å²) in [5, 5.41) is 11.3. The predicted molar refractivity (Wildman–Crippen MR) is 117 cm³/mol. The number of rotatable bonds is 13. The number of nitrogens with zero attached hydrogens (tertiary/aromatic N) is 1. The van der Waals surface area contributed by atoms with E-state index in [2.05, 4.69) is 20.9 Å². The first-order valence-corrected chi connectivity index (χ1v) is 11.9. The Hall–Kier alpha value is -1.45. The fourth-order valence-electron chi connectivity index (χ4n) is 3.51. The molecule has 2 N–H and O–H groups in total. The van der Waals surface area contributed by atoms with Crippen molar-refractivity contribution in [1.29, 1.82) is 0 Å². The SMILES string of the molecule is Cc1cn([C@H]2C[C@H](O)[C@@H](COC(=O)CCCCCCCCCCBr)O2)c(=O)[nH]c1=O. The number of ether oxygens (including phenoxy) is 2. The lowest BCUT2D eigenvalue weighted by Gasteiger charge is -2.16. The lowest BCUT2D eigenvalue weighted by molar-refractivity contribution is -0.150. The van der Waals surface area contributed by atoms with E-state index in [0.717, 1.165) is 24.6 Å². The Morgan fingerprint density at radius 2 is 1.83 bits per heavy atom. The Morgan fingerprint density at radius 1 is 1.20 bits per heavy atom. The first kappa shape index (κ1) is 24.8. The summed E-state index contributed by atoms with van der Waals surface area (Å²) in [6.07, 6.45) is 8.83. The number of unbranched alkanes of at least 4 members (excludes halogenated alkanes) is 7. The van der Waals surface area contributed by atoms with Gasteiger partial charge >= 0.3 is 11.7 Å². The summed E-state index contributed by atoms with van der Waals surface area (Å²) in [7, 11) is 0. The molecule has 9 heteroatoms. The topological polar surface area (TPSA) is 111 Å². The van der Waals surface area contributed by atoms with Crippen molar-refractivity contribution in [2.45, 2.75) is 89.6 Å². The summed E-state index contributed by atoms with van der Waals surface area (Å²) in [5.74, 6) is -0.302. The predicted octanol–water partition coefficient (Wildman–Crippen LogP) is 2.94. The van der Waals surface area contributed by atoms with Crippen LogP contribution >= 0.6 is 15.9 Å². The number of aliphatic hydroxyl groups excluding tert-OH is 1. The Kier molecular flexibility index (Phi) is 10.8. The van der Waals surface area contributed by atoms with E-state index in [1.54, 1.807) is 6.92 Å². The number of aromatic nitrogens is 2. The molecule has 1 aliphatic heterocycles. The minimum Gasteiger partial charge on any atom is -0.463 e. The fourth-order valence-corrected chi connectivity index (χ4v) is 3.90. The molecule has 170 valence electrons. The summed E-state index contributed by atoms with van der Waals surface area (Å²) in [6, 6.07) is 0. The van der Waals surface area contributed by atoms with Crippen molar-refractivity contribution >= 4 is 21.9 Å². The molecule has 1 aromatic heterocycles. The van der Waals surface area contributed by atoms with Gasteiger partial charge in [-0.05, 0) is 19.8 Å². The van der Waals surface area contributed by atoms with Gasteiger partial charge in [0.15, 0.2) is 0 Å². The van der Waals surface area contributed by atoms with Gasteiger partial charge in [-0.2, -0.15) is 0 Å². The molecule has 0 radical (unpaired) electrons. The maximum Gasteiger partial charge on any atom is 0.330 e. The number of esters is 1. The van der Waals surface area contributed by atoms with E-state index in [1.165, 1.54) is 42.9 Å². The molecule has 0 unspecified atom stereocenters. The van der Waals surface area contributed by atoms with Crippen molar-refractivity contribution in [3.8, 4) is 0 Å². The first-order valence-electron chi connectivity index (χ1n) is 10.8. The van der Waals surface area contributed by atoms with Crippen molar-refractivity contribution in [2.75, 3.05) is 11.9 Å². The highest BCUT2D eigenvalue weighted by Gasteiger charge is 2.36. The Bertz CT molecular complexity index is 777. The van der Waals surface area contributed by atoms with Crippen LogP contribution < -0.4 is 11.2 Å². The van der Waals surface area contributed by atoms with Crippen molar-refractivity contribution in [2.24, 2.45) is 0 Å². The van der Waals surface area contributed by atoms with E-state index in [0.29, 0.717) is 12.0 Å². The van der Waals surface area contributed by atoms with Gasteiger partial charge in [0.1, 0.15) is 18.9 Å². The second-order valence-electron chi connectivity index (χ2n) is 7.86. The van der Waals surface area contributed by atoms with Crippen molar-refractivity contribution in [3.05, 3.63) is 32.6 Å². The number of H-pyrrole nitrogens is 1. The smallest absolute Gasteiger partial charge is 0.330 e. The van der Waals surface area contributed by atoms with Crippen LogP contribution in [0.1, 0.15) is 76.0 Å². The second-order valence-corrected chi connectivity index (χ2v) is 8.65. The highest BCUT2D eigenvalue weighted by atomic mass is 79.9. The quantitative estimate of drug-likeness (QED) is 0.251. The van der Waals surface area contributed by atoms with Gasteiger partial charge in [-0.15, -0.1) is 0 Å². The number of carbonyl (C=O) groups is 1. The molecule has 0 spiro atoms. The Labute approximate surface area is 185 Å². The van der Waals surface area contributed by atoms with Crippen LogP contribution in [-0.2, 0) is 14.3 Å². The molecule has 0 amide bonds. The summed E-state index contributed by atoms with van der Waals surface area (Å²) in [4.78, 5) is 37.6. The van der Waals surface area contributed by atoms with E-state index < -0.39 is 29.7 Å². The number of aromatic amines is 1. The van der Waals surface area contributed by atoms with Crippen LogP contribution in [0.3, 0.4) is 0 Å². The summed E-state index contributed by atoms with van der Waals surface area (Å²) in [5.41, 5.74) is -0.667. The number of aryl methyl sites for hydroxylation is 1. The maximum atomic E-state index is 12.0. The fraction of sp³-hybridized carbons (Fsp3) is 0.762. The number of alkyl halides is 1. The molecule has 2 heterocycles. The van der Waals surface area contributed by atoms with Crippen molar-refractivity contribution in [3.63, 3.8) is 0 Å². The molecule has 30 heavy (non-hydrogen) atoms. The van der Waals surface area contributed by atoms with Crippen LogP contribution in [0, 0.1) is 6.92 Å². The number of hydrogen-bond acceptors (Lipinski definition) is 6. The van der Waals surface area contributed by atoms with Gasteiger partial charge in [-0.3, -0.25) is 19.1 Å². The first-order chi connectivity index (χ1) is 14.4. The standard InChI is InChI=1S/C21H33BrN2O6/c1-15-13-24(21(28)23-20(15)27)18-12-16(25)17(30-18)14-29-19(26)10-8-6-4-2-3-5-7-9-11-22/h13,16-18,25H,2-12,14H2,1H3,(H,23,27,28)/t16-,17+,18+/m0/s1. The highest BCUT2D eigenvalue weighted by Crippen LogP contribution is 2.27. The van der Waals surface area contributed by atoms with E-state index in [9.17, 15) is 19.5 Å². The minimum atomic E-state index is -0.855. The van der Waals surface area contributed by atoms with Gasteiger partial charge in [-0.1, -0.05) is 54.5 Å². The monoisotopic (exact) mass is 488 g/mol. The highest BCUT2D eigenvalue weighted by molar-refractivity contribution is 9.09. The van der Waals surface area contributed by atoms with E-state index >= 15 is 0 Å². The number of nitrogens with one attached hydrogen (secondary N) is 1. The lowest BCUT2D eigenvalue weighted by atomic mass is 10.1. The molecule has 0 aromatic carbocycles. The molecule has 0 saturated carbocycles. The largest absolute Gasteiger partial charge is 0.463 e. The maximum absolute atomic E-state index is 12.0. The van der Waals surface area contributed by atoms with E-state index in [4.69, 9.17) is 9.47 Å². The van der Waals surface area contributed by atoms with Gasteiger partial charge in [-0.25, -0.2) is 4.79 Å². The Morgan fingerprint density at radius 3 is 2.50 bits per heavy atom. The number of aliphatic hydroxyl groups is 1. The zero-order valence-electron chi connectivity index (χ0n) is 17.6. The van der Waals surface area contributed by atoms with Crippen LogP contribution in [0.25, 0.3) is 0 Å². The van der Waals surface area contributed by atoms with Crippen molar-refractivity contribution < 1.29 is 19.4 Å². The van der Waals surface area contributed by atoms with Crippen LogP contribution in [0.4, 0.5) is 0 Å². The van der Waals surface area contributed by atoms with Crippen LogP contribution in [0.2, 0.25) is 0 Å². The van der Waals surface area contributed by atoms with Gasteiger partial charge in [0, 0.05) is 29.9 Å². The molecule has 2 rings (SSSR count). The molecular formula is C21H33BrN2O6. The van der Waals surface area contributed by atoms with Crippen LogP contribution in [0.5, 0.6) is 0 Å². The third-order valence-electron chi connectivity index (χ3n) is 5.33. The number of carbonyl (C=O) groups excluding carboxylic acids is 1. The molecule has 1 aromatic rings. The van der Waals surface area contributed by atoms with Gasteiger partial charge in [0.25, 0.3) is 5.56 Å². The van der Waals surface area contributed by atoms with Gasteiger partial charge in [0.05, 0.1) is 6.10 Å². The number of hydrogen-bond donors (Lipinski definition) is 2. The molecule has 1 saturated heterocycles.